The Bertz CT molecular complexity index is 2310. The zero-order chi connectivity index (χ0) is 29.5. The van der Waals surface area contributed by atoms with Gasteiger partial charge in [0, 0.05) is 34.0 Å². The van der Waals surface area contributed by atoms with Crippen molar-refractivity contribution < 1.29 is 4.74 Å². The van der Waals surface area contributed by atoms with Crippen LogP contribution >= 0.6 is 11.8 Å². The lowest BCUT2D eigenvalue weighted by Gasteiger charge is -2.46. The van der Waals surface area contributed by atoms with E-state index >= 15 is 0 Å². The van der Waals surface area contributed by atoms with E-state index in [1.165, 1.54) is 55.6 Å². The van der Waals surface area contributed by atoms with Gasteiger partial charge in [0.1, 0.15) is 11.5 Å². The lowest BCUT2D eigenvalue weighted by molar-refractivity contribution is 0.455. The Labute approximate surface area is 266 Å². The molecule has 7 aromatic carbocycles. The Kier molecular flexibility index (Phi) is 5.31. The molecule has 3 aliphatic heterocycles. The van der Waals surface area contributed by atoms with Crippen LogP contribution < -0.4 is 25.4 Å². The summed E-state index contributed by atoms with van der Waals surface area (Å²) < 4.78 is 6.61. The molecular formula is C40H25BN2OS. The van der Waals surface area contributed by atoms with Gasteiger partial charge in [-0.3, -0.25) is 0 Å². The third kappa shape index (κ3) is 3.62. The van der Waals surface area contributed by atoms with Crippen LogP contribution in [0.5, 0.6) is 11.5 Å². The van der Waals surface area contributed by atoms with Crippen molar-refractivity contribution in [1.29, 1.82) is 0 Å². The average molecular weight is 593 g/mol. The summed E-state index contributed by atoms with van der Waals surface area (Å²) in [5.41, 5.74) is 11.0. The minimum Gasteiger partial charge on any atom is -0.455 e. The van der Waals surface area contributed by atoms with Gasteiger partial charge in [-0.05, 0) is 87.9 Å². The molecule has 0 spiro atoms. The van der Waals surface area contributed by atoms with Crippen molar-refractivity contribution in [3.05, 3.63) is 152 Å². The minimum absolute atomic E-state index is 0.0227. The maximum atomic E-state index is 6.61. The molecule has 0 bridgehead atoms. The standard InChI is InChI=1S/C40H25BN2OS/c1-3-14-27(15-4-1)42-32-20-10-9-19-31(32)41-40-34(42)23-26-13-7-8-18-29(26)39(40)30-24-36-38(45-37-22-12-11-21-35(37)44-36)25-33(30)43(41)28-16-5-2-6-17-28/h1-25H. The topological polar surface area (TPSA) is 15.7 Å². The van der Waals surface area contributed by atoms with Gasteiger partial charge in [-0.2, -0.15) is 0 Å². The monoisotopic (exact) mass is 592 g/mol. The summed E-state index contributed by atoms with van der Waals surface area (Å²) in [6.45, 7) is -0.0227. The second-order valence-corrected chi connectivity index (χ2v) is 12.8. The van der Waals surface area contributed by atoms with Gasteiger partial charge in [-0.1, -0.05) is 103 Å². The maximum Gasteiger partial charge on any atom is 0.333 e. The Hall–Kier alpha value is -5.39. The van der Waals surface area contributed by atoms with Crippen molar-refractivity contribution in [1.82, 2.24) is 0 Å². The molecule has 0 atom stereocenters. The summed E-state index contributed by atoms with van der Waals surface area (Å²) in [6, 6.07) is 54.7. The zero-order valence-corrected chi connectivity index (χ0v) is 25.0. The molecule has 0 amide bonds. The molecule has 0 radical (unpaired) electrons. The number of hydrogen-bond acceptors (Lipinski definition) is 4. The van der Waals surface area contributed by atoms with Crippen LogP contribution in [0.3, 0.4) is 0 Å². The van der Waals surface area contributed by atoms with Crippen LogP contribution in [0, 0.1) is 0 Å². The highest BCUT2D eigenvalue weighted by Gasteiger charge is 2.46. The number of ether oxygens (including phenoxy) is 1. The van der Waals surface area contributed by atoms with Crippen LogP contribution in [-0.2, 0) is 0 Å². The highest BCUT2D eigenvalue weighted by molar-refractivity contribution is 7.99. The van der Waals surface area contributed by atoms with E-state index in [1.54, 1.807) is 11.8 Å². The largest absolute Gasteiger partial charge is 0.455 e. The fourth-order valence-electron chi connectivity index (χ4n) is 7.41. The van der Waals surface area contributed by atoms with E-state index in [4.69, 9.17) is 4.74 Å². The van der Waals surface area contributed by atoms with Gasteiger partial charge in [0.25, 0.3) is 0 Å². The van der Waals surface area contributed by atoms with Crippen molar-refractivity contribution in [3.63, 3.8) is 0 Å². The highest BCUT2D eigenvalue weighted by atomic mass is 32.2. The fourth-order valence-corrected chi connectivity index (χ4v) is 8.38. The normalized spacial score (nSPS) is 13.7. The highest BCUT2D eigenvalue weighted by Crippen LogP contribution is 2.54. The van der Waals surface area contributed by atoms with E-state index in [1.807, 2.05) is 6.07 Å². The number of rotatable bonds is 2. The second kappa shape index (κ2) is 9.56. The lowest BCUT2D eigenvalue weighted by Crippen LogP contribution is -2.61. The van der Waals surface area contributed by atoms with E-state index in [-0.39, 0.29) is 6.85 Å². The molecule has 3 nitrogen and oxygen atoms in total. The first kappa shape index (κ1) is 25.0. The zero-order valence-electron chi connectivity index (χ0n) is 24.2. The molecule has 0 saturated heterocycles. The van der Waals surface area contributed by atoms with Crippen LogP contribution in [0.2, 0.25) is 0 Å². The average Bonchev–Trinajstić information content (AvgIpc) is 3.10. The first-order valence-corrected chi connectivity index (χ1v) is 16.1. The predicted octanol–water partition coefficient (Wildman–Crippen LogP) is 9.80. The number of anilines is 5. The molecule has 0 N–H and O–H groups in total. The number of nitrogens with zero attached hydrogens (tertiary/aromatic N) is 2. The van der Waals surface area contributed by atoms with Gasteiger partial charge in [0.05, 0.1) is 9.79 Å². The molecule has 0 saturated carbocycles. The molecule has 10 rings (SSSR count). The first-order chi connectivity index (χ1) is 22.3. The fraction of sp³-hybridized carbons (Fsp3) is 0. The van der Waals surface area contributed by atoms with Crippen molar-refractivity contribution in [3.8, 4) is 22.6 Å². The quantitative estimate of drug-likeness (QED) is 0.186. The molecule has 0 fully saturated rings. The molecular weight excluding hydrogens is 567 g/mol. The van der Waals surface area contributed by atoms with E-state index in [0.29, 0.717) is 0 Å². The summed E-state index contributed by atoms with van der Waals surface area (Å²) >= 11 is 1.79. The minimum atomic E-state index is -0.0227. The van der Waals surface area contributed by atoms with Crippen molar-refractivity contribution >= 4 is 68.7 Å². The summed E-state index contributed by atoms with van der Waals surface area (Å²) in [4.78, 5) is 7.28. The number of fused-ring (bicyclic) bond motifs is 8. The van der Waals surface area contributed by atoms with Crippen molar-refractivity contribution in [2.45, 2.75) is 9.79 Å². The third-order valence-electron chi connectivity index (χ3n) is 9.24. The predicted molar refractivity (Wildman–Crippen MR) is 188 cm³/mol. The van der Waals surface area contributed by atoms with Gasteiger partial charge >= 0.3 is 6.85 Å². The molecule has 0 unspecified atom stereocenters. The summed E-state index contributed by atoms with van der Waals surface area (Å²) in [5, 5.41) is 2.48. The molecule has 7 aromatic rings. The summed E-state index contributed by atoms with van der Waals surface area (Å²) in [6.07, 6.45) is 0. The van der Waals surface area contributed by atoms with Gasteiger partial charge in [-0.15, -0.1) is 0 Å². The van der Waals surface area contributed by atoms with E-state index in [2.05, 4.69) is 155 Å². The third-order valence-corrected chi connectivity index (χ3v) is 10.3. The van der Waals surface area contributed by atoms with Crippen LogP contribution in [0.4, 0.5) is 28.4 Å². The lowest BCUT2D eigenvalue weighted by atomic mass is 9.43. The molecule has 3 aliphatic rings. The van der Waals surface area contributed by atoms with Crippen LogP contribution in [0.25, 0.3) is 21.9 Å². The Balaban J connectivity index is 1.35. The molecule has 0 aliphatic carbocycles. The van der Waals surface area contributed by atoms with Crippen LogP contribution in [-0.4, -0.2) is 6.85 Å². The molecule has 5 heteroatoms. The first-order valence-electron chi connectivity index (χ1n) is 15.3. The molecule has 3 heterocycles. The number of benzene rings is 7. The number of para-hydroxylation sites is 4. The Morgan fingerprint density at radius 2 is 1.24 bits per heavy atom. The van der Waals surface area contributed by atoms with Gasteiger partial charge in [0.2, 0.25) is 0 Å². The summed E-state index contributed by atoms with van der Waals surface area (Å²) in [5.74, 6) is 1.81. The van der Waals surface area contributed by atoms with Crippen LogP contribution in [0.1, 0.15) is 0 Å². The van der Waals surface area contributed by atoms with Gasteiger partial charge in [0.15, 0.2) is 0 Å². The van der Waals surface area contributed by atoms with E-state index < -0.39 is 0 Å². The maximum absolute atomic E-state index is 6.61. The molecule has 0 aromatic heterocycles. The van der Waals surface area contributed by atoms with Crippen molar-refractivity contribution in [2.24, 2.45) is 0 Å². The number of hydrogen-bond donors (Lipinski definition) is 0. The second-order valence-electron chi connectivity index (χ2n) is 11.7. The van der Waals surface area contributed by atoms with Gasteiger partial charge < -0.3 is 14.4 Å². The molecule has 210 valence electrons. The molecule has 45 heavy (non-hydrogen) atoms. The van der Waals surface area contributed by atoms with Crippen LogP contribution in [0.15, 0.2) is 161 Å². The Morgan fingerprint density at radius 1 is 0.533 bits per heavy atom. The van der Waals surface area contributed by atoms with E-state index in [9.17, 15) is 0 Å². The smallest absolute Gasteiger partial charge is 0.333 e. The summed E-state index contributed by atoms with van der Waals surface area (Å²) in [7, 11) is 0. The SMILES string of the molecule is c1ccc(N2B3c4ccccc4N(c4ccccc4)c4cc5ccccc5c(c43)-c3cc4c(cc32)Sc2ccccc2O4)cc1. The Morgan fingerprint density at radius 3 is 2.11 bits per heavy atom. The van der Waals surface area contributed by atoms with E-state index in [0.717, 1.165) is 27.0 Å². The van der Waals surface area contributed by atoms with Crippen molar-refractivity contribution in [2.75, 3.05) is 9.71 Å². The van der Waals surface area contributed by atoms with Gasteiger partial charge in [-0.25, -0.2) is 0 Å².